The largest absolute Gasteiger partial charge is 0.497 e. The zero-order valence-electron chi connectivity index (χ0n) is 14.9. The number of amides is 1. The maximum Gasteiger partial charge on any atom is 0.253 e. The lowest BCUT2D eigenvalue weighted by Gasteiger charge is -2.33. The van der Waals surface area contributed by atoms with Gasteiger partial charge >= 0.3 is 0 Å². The molecule has 5 heteroatoms. The lowest BCUT2D eigenvalue weighted by molar-refractivity contribution is 0.0673. The second-order valence-electron chi connectivity index (χ2n) is 6.95. The second-order valence-corrected chi connectivity index (χ2v) is 6.95. The van der Waals surface area contributed by atoms with Gasteiger partial charge in [-0.2, -0.15) is 0 Å². The van der Waals surface area contributed by atoms with E-state index in [4.69, 9.17) is 4.74 Å². The van der Waals surface area contributed by atoms with Gasteiger partial charge in [0.05, 0.1) is 7.11 Å². The SMILES string of the molecule is COc1cccc(C(=O)N2CCC[C@@H](Cc3cnc4[nH]ccc4c3)C2)c1. The number of fused-ring (bicyclic) bond motifs is 1. The first-order chi connectivity index (χ1) is 12.7. The molecule has 1 aliphatic rings. The van der Waals surface area contributed by atoms with E-state index in [1.54, 1.807) is 7.11 Å². The second kappa shape index (κ2) is 7.20. The number of aromatic amines is 1. The molecule has 2 aromatic heterocycles. The van der Waals surface area contributed by atoms with E-state index in [1.807, 2.05) is 47.6 Å². The Labute approximate surface area is 153 Å². The van der Waals surface area contributed by atoms with E-state index < -0.39 is 0 Å². The van der Waals surface area contributed by atoms with Crippen LogP contribution in [-0.2, 0) is 6.42 Å². The number of H-pyrrole nitrogens is 1. The van der Waals surface area contributed by atoms with Crippen LogP contribution in [0.3, 0.4) is 0 Å². The standard InChI is InChI=1S/C21H23N3O2/c1-26-19-6-2-5-18(12-19)21(25)24-9-3-4-15(14-24)10-16-11-17-7-8-22-20(17)23-13-16/h2,5-8,11-13,15H,3-4,9-10,14H2,1H3,(H,22,23)/t15-/m0/s1. The molecule has 0 aliphatic carbocycles. The fourth-order valence-electron chi connectivity index (χ4n) is 3.79. The molecule has 0 bridgehead atoms. The van der Waals surface area contributed by atoms with Gasteiger partial charge in [0.15, 0.2) is 0 Å². The zero-order valence-corrected chi connectivity index (χ0v) is 14.9. The predicted molar refractivity (Wildman–Crippen MR) is 101 cm³/mol. The maximum atomic E-state index is 12.9. The summed E-state index contributed by atoms with van der Waals surface area (Å²) < 4.78 is 5.24. The highest BCUT2D eigenvalue weighted by Gasteiger charge is 2.25. The summed E-state index contributed by atoms with van der Waals surface area (Å²) >= 11 is 0. The van der Waals surface area contributed by atoms with E-state index in [-0.39, 0.29) is 5.91 Å². The predicted octanol–water partition coefficient (Wildman–Crippen LogP) is 3.67. The van der Waals surface area contributed by atoms with Crippen molar-refractivity contribution in [3.8, 4) is 5.75 Å². The first kappa shape index (κ1) is 16.6. The van der Waals surface area contributed by atoms with Crippen molar-refractivity contribution < 1.29 is 9.53 Å². The minimum absolute atomic E-state index is 0.0906. The molecule has 1 aromatic carbocycles. The molecule has 1 N–H and O–H groups in total. The van der Waals surface area contributed by atoms with Crippen LogP contribution in [0.1, 0.15) is 28.8 Å². The van der Waals surface area contributed by atoms with Gasteiger partial charge < -0.3 is 14.6 Å². The molecule has 3 aromatic rings. The molecule has 134 valence electrons. The van der Waals surface area contributed by atoms with Gasteiger partial charge in [-0.25, -0.2) is 4.98 Å². The Kier molecular flexibility index (Phi) is 4.61. The molecule has 3 heterocycles. The molecule has 1 amide bonds. The molecule has 0 radical (unpaired) electrons. The minimum atomic E-state index is 0.0906. The van der Waals surface area contributed by atoms with Crippen LogP contribution in [0, 0.1) is 5.92 Å². The lowest BCUT2D eigenvalue weighted by Crippen LogP contribution is -2.40. The number of hydrogen-bond acceptors (Lipinski definition) is 3. The minimum Gasteiger partial charge on any atom is -0.497 e. The van der Waals surface area contributed by atoms with Crippen molar-refractivity contribution in [3.05, 3.63) is 59.9 Å². The summed E-state index contributed by atoms with van der Waals surface area (Å²) in [6.45, 7) is 1.61. The monoisotopic (exact) mass is 349 g/mol. The third kappa shape index (κ3) is 3.43. The summed E-state index contributed by atoms with van der Waals surface area (Å²) in [6, 6.07) is 11.6. The van der Waals surface area contributed by atoms with Crippen molar-refractivity contribution in [2.75, 3.05) is 20.2 Å². The molecule has 1 atom stereocenters. The molecular formula is C21H23N3O2. The van der Waals surface area contributed by atoms with Gasteiger partial charge in [0, 0.05) is 36.4 Å². The van der Waals surface area contributed by atoms with E-state index in [1.165, 1.54) is 5.56 Å². The average Bonchev–Trinajstić information content (AvgIpc) is 3.15. The van der Waals surface area contributed by atoms with Gasteiger partial charge in [-0.1, -0.05) is 6.07 Å². The first-order valence-electron chi connectivity index (χ1n) is 9.08. The Bertz CT molecular complexity index is 918. The van der Waals surface area contributed by atoms with E-state index >= 15 is 0 Å². The number of piperidine rings is 1. The number of carbonyl (C=O) groups is 1. The highest BCUT2D eigenvalue weighted by molar-refractivity contribution is 5.94. The van der Waals surface area contributed by atoms with Crippen LogP contribution < -0.4 is 4.74 Å². The third-order valence-corrected chi connectivity index (χ3v) is 5.10. The molecule has 0 saturated carbocycles. The van der Waals surface area contributed by atoms with Crippen molar-refractivity contribution >= 4 is 16.9 Å². The van der Waals surface area contributed by atoms with E-state index in [0.717, 1.165) is 49.1 Å². The summed E-state index contributed by atoms with van der Waals surface area (Å²) in [5.74, 6) is 1.28. The fourth-order valence-corrected chi connectivity index (χ4v) is 3.79. The molecule has 26 heavy (non-hydrogen) atoms. The summed E-state index contributed by atoms with van der Waals surface area (Å²) in [4.78, 5) is 22.4. The molecule has 4 rings (SSSR count). The Hall–Kier alpha value is -2.82. The van der Waals surface area contributed by atoms with E-state index in [0.29, 0.717) is 11.5 Å². The number of ether oxygens (including phenoxy) is 1. The number of methoxy groups -OCH3 is 1. The van der Waals surface area contributed by atoms with Crippen molar-refractivity contribution in [1.82, 2.24) is 14.9 Å². The molecular weight excluding hydrogens is 326 g/mol. The van der Waals surface area contributed by atoms with Crippen LogP contribution in [0.5, 0.6) is 5.75 Å². The van der Waals surface area contributed by atoms with Crippen molar-refractivity contribution in [2.24, 2.45) is 5.92 Å². The van der Waals surface area contributed by atoms with Gasteiger partial charge in [0.2, 0.25) is 0 Å². The number of nitrogens with one attached hydrogen (secondary N) is 1. The summed E-state index contributed by atoms with van der Waals surface area (Å²) in [5, 5.41) is 1.14. The first-order valence-corrected chi connectivity index (χ1v) is 9.08. The van der Waals surface area contributed by atoms with Crippen LogP contribution >= 0.6 is 0 Å². The van der Waals surface area contributed by atoms with Crippen LogP contribution in [-0.4, -0.2) is 41.0 Å². The number of rotatable bonds is 4. The highest BCUT2D eigenvalue weighted by Crippen LogP contribution is 2.24. The van der Waals surface area contributed by atoms with Gasteiger partial charge in [-0.15, -0.1) is 0 Å². The Balaban J connectivity index is 1.45. The lowest BCUT2D eigenvalue weighted by atomic mass is 9.91. The molecule has 1 saturated heterocycles. The molecule has 1 fully saturated rings. The fraction of sp³-hybridized carbons (Fsp3) is 0.333. The Morgan fingerprint density at radius 1 is 1.35 bits per heavy atom. The van der Waals surface area contributed by atoms with Gasteiger partial charge in [0.1, 0.15) is 11.4 Å². The van der Waals surface area contributed by atoms with Gasteiger partial charge in [0.25, 0.3) is 5.91 Å². The highest BCUT2D eigenvalue weighted by atomic mass is 16.5. The summed E-state index contributed by atoms with van der Waals surface area (Å²) in [7, 11) is 1.62. The number of nitrogens with zero attached hydrogens (tertiary/aromatic N) is 2. The molecule has 0 unspecified atom stereocenters. The van der Waals surface area contributed by atoms with Gasteiger partial charge in [-0.05, 0) is 61.1 Å². The van der Waals surface area contributed by atoms with Crippen LogP contribution in [0.25, 0.3) is 11.0 Å². The molecule has 1 aliphatic heterocycles. The maximum absolute atomic E-state index is 12.9. The molecule has 5 nitrogen and oxygen atoms in total. The van der Waals surface area contributed by atoms with Crippen LogP contribution in [0.15, 0.2) is 48.8 Å². The summed E-state index contributed by atoms with van der Waals surface area (Å²) in [5.41, 5.74) is 2.85. The normalized spacial score (nSPS) is 17.4. The number of benzene rings is 1. The third-order valence-electron chi connectivity index (χ3n) is 5.10. The quantitative estimate of drug-likeness (QED) is 0.782. The van der Waals surface area contributed by atoms with Crippen LogP contribution in [0.2, 0.25) is 0 Å². The topological polar surface area (TPSA) is 58.2 Å². The number of aromatic nitrogens is 2. The number of carbonyl (C=O) groups excluding carboxylic acids is 1. The zero-order chi connectivity index (χ0) is 17.9. The number of pyridine rings is 1. The number of hydrogen-bond donors (Lipinski definition) is 1. The van der Waals surface area contributed by atoms with Gasteiger partial charge in [-0.3, -0.25) is 4.79 Å². The Morgan fingerprint density at radius 3 is 3.15 bits per heavy atom. The average molecular weight is 349 g/mol. The summed E-state index contributed by atoms with van der Waals surface area (Å²) in [6.07, 6.45) is 7.00. The van der Waals surface area contributed by atoms with E-state index in [9.17, 15) is 4.79 Å². The van der Waals surface area contributed by atoms with Crippen molar-refractivity contribution in [2.45, 2.75) is 19.3 Å². The Morgan fingerprint density at radius 2 is 2.27 bits per heavy atom. The smallest absolute Gasteiger partial charge is 0.253 e. The van der Waals surface area contributed by atoms with Crippen molar-refractivity contribution in [3.63, 3.8) is 0 Å². The molecule has 0 spiro atoms. The van der Waals surface area contributed by atoms with Crippen LogP contribution in [0.4, 0.5) is 0 Å². The van der Waals surface area contributed by atoms with E-state index in [2.05, 4.69) is 16.0 Å². The van der Waals surface area contributed by atoms with Crippen molar-refractivity contribution in [1.29, 1.82) is 0 Å². The number of likely N-dealkylation sites (tertiary alicyclic amines) is 1.